The van der Waals surface area contributed by atoms with Crippen LogP contribution in [0.3, 0.4) is 0 Å². The maximum atomic E-state index is 13.4. The van der Waals surface area contributed by atoms with Gasteiger partial charge in [0.05, 0.1) is 11.9 Å². The van der Waals surface area contributed by atoms with Gasteiger partial charge in [0, 0.05) is 35.2 Å². The van der Waals surface area contributed by atoms with Crippen LogP contribution < -0.4 is 16.5 Å². The van der Waals surface area contributed by atoms with Crippen LogP contribution in [0.25, 0.3) is 33.3 Å². The topological polar surface area (TPSA) is 121 Å². The molecule has 0 saturated heterocycles. The van der Waals surface area contributed by atoms with Crippen LogP contribution in [0.4, 0.5) is 20.3 Å². The van der Waals surface area contributed by atoms with E-state index in [9.17, 15) is 18.4 Å². The minimum Gasteiger partial charge on any atom is -0.383 e. The summed E-state index contributed by atoms with van der Waals surface area (Å²) in [5.74, 6) is -0.831. The van der Waals surface area contributed by atoms with Crippen LogP contribution in [0.2, 0.25) is 0 Å². The van der Waals surface area contributed by atoms with E-state index in [0.717, 1.165) is 11.1 Å². The predicted octanol–water partition coefficient (Wildman–Crippen LogP) is 4.85. The Bertz CT molecular complexity index is 1730. The van der Waals surface area contributed by atoms with E-state index < -0.39 is 23.8 Å². The highest BCUT2D eigenvalue weighted by atomic mass is 19.1. The van der Waals surface area contributed by atoms with Crippen molar-refractivity contribution in [2.24, 2.45) is 0 Å². The van der Waals surface area contributed by atoms with Gasteiger partial charge in [-0.05, 0) is 49.2 Å². The number of amides is 1. The van der Waals surface area contributed by atoms with Gasteiger partial charge in [0.2, 0.25) is 5.43 Å². The molecule has 5 aromatic rings. The number of aromatic nitrogens is 5. The van der Waals surface area contributed by atoms with E-state index in [2.05, 4.69) is 20.4 Å². The summed E-state index contributed by atoms with van der Waals surface area (Å²) >= 11 is 0. The fourth-order valence-corrected chi connectivity index (χ4v) is 4.31. The summed E-state index contributed by atoms with van der Waals surface area (Å²) in [4.78, 5) is 34.7. The average Bonchev–Trinajstić information content (AvgIpc) is 3.29. The van der Waals surface area contributed by atoms with Crippen molar-refractivity contribution in [1.82, 2.24) is 24.3 Å². The van der Waals surface area contributed by atoms with Crippen molar-refractivity contribution in [2.45, 2.75) is 26.4 Å². The minimum atomic E-state index is -0.677. The van der Waals surface area contributed by atoms with Gasteiger partial charge >= 0.3 is 0 Å². The number of hydrogen-bond donors (Lipinski definition) is 2. The molecule has 11 heteroatoms. The van der Waals surface area contributed by atoms with Crippen LogP contribution >= 0.6 is 0 Å². The normalized spacial score (nSPS) is 11.3. The highest BCUT2D eigenvalue weighted by molar-refractivity contribution is 6.04. The van der Waals surface area contributed by atoms with E-state index >= 15 is 0 Å². The molecule has 0 aliphatic rings. The second kappa shape index (κ2) is 10.4. The number of carbonyl (C=O) groups is 1. The second-order valence-electron chi connectivity index (χ2n) is 9.22. The Morgan fingerprint density at radius 2 is 1.67 bits per heavy atom. The van der Waals surface area contributed by atoms with E-state index in [1.54, 1.807) is 41.2 Å². The Hall–Kier alpha value is -4.93. The maximum absolute atomic E-state index is 13.4. The standard InChI is InChI=1S/C28H25F2N7O2/c1-16(2)37-14-22(18-3-7-19(30)8-4-18)25(38)24(35-37)28(39)34-20-9-5-17(6-10-20)21-13-36(12-11-29)27-23(21)26(31)32-15-33-27/h3-10,13-16H,11-12H2,1-2H3,(H,34,39)(H2,31,32,33). The predicted molar refractivity (Wildman–Crippen MR) is 146 cm³/mol. The third-order valence-electron chi connectivity index (χ3n) is 6.30. The van der Waals surface area contributed by atoms with Gasteiger partial charge in [0.15, 0.2) is 5.69 Å². The van der Waals surface area contributed by atoms with Crippen LogP contribution in [-0.2, 0) is 6.54 Å². The number of nitrogen functional groups attached to an aromatic ring is 1. The Morgan fingerprint density at radius 3 is 2.33 bits per heavy atom. The molecule has 198 valence electrons. The number of halogens is 2. The largest absolute Gasteiger partial charge is 0.383 e. The first-order chi connectivity index (χ1) is 18.8. The van der Waals surface area contributed by atoms with Crippen molar-refractivity contribution in [3.05, 3.63) is 89.0 Å². The molecule has 0 fully saturated rings. The lowest BCUT2D eigenvalue weighted by Crippen LogP contribution is -2.28. The molecule has 39 heavy (non-hydrogen) atoms. The summed E-state index contributed by atoms with van der Waals surface area (Å²) in [6.45, 7) is 3.30. The molecule has 2 aromatic carbocycles. The maximum Gasteiger partial charge on any atom is 0.280 e. The third-order valence-corrected chi connectivity index (χ3v) is 6.30. The van der Waals surface area contributed by atoms with Gasteiger partial charge in [-0.15, -0.1) is 0 Å². The highest BCUT2D eigenvalue weighted by Crippen LogP contribution is 2.33. The summed E-state index contributed by atoms with van der Waals surface area (Å²) in [5.41, 5.74) is 8.42. The lowest BCUT2D eigenvalue weighted by atomic mass is 10.1. The molecule has 3 heterocycles. The number of rotatable bonds is 7. The zero-order chi connectivity index (χ0) is 27.7. The monoisotopic (exact) mass is 529 g/mol. The zero-order valence-electron chi connectivity index (χ0n) is 21.2. The van der Waals surface area contributed by atoms with Gasteiger partial charge in [0.1, 0.15) is 30.3 Å². The van der Waals surface area contributed by atoms with Crippen molar-refractivity contribution in [3.8, 4) is 22.3 Å². The first-order valence-corrected chi connectivity index (χ1v) is 12.2. The number of alkyl halides is 1. The van der Waals surface area contributed by atoms with Crippen molar-refractivity contribution >= 4 is 28.4 Å². The number of nitrogens with one attached hydrogen (secondary N) is 1. The second-order valence-corrected chi connectivity index (χ2v) is 9.22. The van der Waals surface area contributed by atoms with E-state index in [1.165, 1.54) is 35.3 Å². The Balaban J connectivity index is 1.47. The van der Waals surface area contributed by atoms with Crippen molar-refractivity contribution < 1.29 is 13.6 Å². The van der Waals surface area contributed by atoms with Gasteiger partial charge < -0.3 is 15.6 Å². The molecule has 5 rings (SSSR count). The molecule has 0 atom stereocenters. The fourth-order valence-electron chi connectivity index (χ4n) is 4.31. The fraction of sp³-hybridized carbons (Fsp3) is 0.179. The number of fused-ring (bicyclic) bond motifs is 1. The van der Waals surface area contributed by atoms with Gasteiger partial charge in [-0.3, -0.25) is 14.3 Å². The van der Waals surface area contributed by atoms with Crippen LogP contribution in [0, 0.1) is 5.82 Å². The number of benzene rings is 2. The van der Waals surface area contributed by atoms with Crippen molar-refractivity contribution in [1.29, 1.82) is 0 Å². The van der Waals surface area contributed by atoms with Crippen LogP contribution in [0.5, 0.6) is 0 Å². The number of nitrogens with two attached hydrogens (primary N) is 1. The minimum absolute atomic E-state index is 0.124. The van der Waals surface area contributed by atoms with Crippen LogP contribution in [0.15, 0.2) is 72.0 Å². The average molecular weight is 530 g/mol. The van der Waals surface area contributed by atoms with Gasteiger partial charge in [-0.2, -0.15) is 5.10 Å². The number of aryl methyl sites for hydroxylation is 1. The molecule has 3 aromatic heterocycles. The van der Waals surface area contributed by atoms with Crippen LogP contribution in [0.1, 0.15) is 30.4 Å². The Labute approximate surface area is 221 Å². The molecule has 1 amide bonds. The zero-order valence-corrected chi connectivity index (χ0v) is 21.2. The highest BCUT2D eigenvalue weighted by Gasteiger charge is 2.20. The third kappa shape index (κ3) is 4.98. The molecule has 9 nitrogen and oxygen atoms in total. The van der Waals surface area contributed by atoms with E-state index in [1.807, 2.05) is 13.8 Å². The van der Waals surface area contributed by atoms with Crippen molar-refractivity contribution in [2.75, 3.05) is 17.7 Å². The lowest BCUT2D eigenvalue weighted by Gasteiger charge is -2.14. The molecule has 0 aliphatic heterocycles. The Kier molecular flexibility index (Phi) is 6.88. The molecule has 0 spiro atoms. The van der Waals surface area contributed by atoms with E-state index in [0.29, 0.717) is 22.3 Å². The first kappa shape index (κ1) is 25.7. The van der Waals surface area contributed by atoms with E-state index in [-0.39, 0.29) is 29.7 Å². The smallest absolute Gasteiger partial charge is 0.280 e. The first-order valence-electron chi connectivity index (χ1n) is 12.2. The number of nitrogens with zero attached hydrogens (tertiary/aromatic N) is 5. The molecule has 0 unspecified atom stereocenters. The summed E-state index contributed by atoms with van der Waals surface area (Å²) in [6, 6.07) is 12.2. The van der Waals surface area contributed by atoms with Gasteiger partial charge in [-0.1, -0.05) is 24.3 Å². The summed E-state index contributed by atoms with van der Waals surface area (Å²) < 4.78 is 29.7. The SMILES string of the molecule is CC(C)n1cc(-c2ccc(F)cc2)c(=O)c(C(=O)Nc2ccc(-c3cn(CCF)c4ncnc(N)c34)cc2)n1. The van der Waals surface area contributed by atoms with Gasteiger partial charge in [-0.25, -0.2) is 18.7 Å². The number of anilines is 2. The van der Waals surface area contributed by atoms with Crippen LogP contribution in [-0.4, -0.2) is 36.9 Å². The quantitative estimate of drug-likeness (QED) is 0.311. The Morgan fingerprint density at radius 1 is 1.00 bits per heavy atom. The lowest BCUT2D eigenvalue weighted by molar-refractivity contribution is 0.101. The molecule has 0 saturated carbocycles. The summed E-state index contributed by atoms with van der Waals surface area (Å²) in [6.07, 6.45) is 4.66. The molecule has 0 aliphatic carbocycles. The van der Waals surface area contributed by atoms with Crippen molar-refractivity contribution in [3.63, 3.8) is 0 Å². The molecule has 0 bridgehead atoms. The van der Waals surface area contributed by atoms with E-state index in [4.69, 9.17) is 5.73 Å². The molecular formula is C28H25F2N7O2. The molecular weight excluding hydrogens is 504 g/mol. The molecule has 3 N–H and O–H groups in total. The summed E-state index contributed by atoms with van der Waals surface area (Å²) in [7, 11) is 0. The molecule has 0 radical (unpaired) electrons. The summed E-state index contributed by atoms with van der Waals surface area (Å²) in [5, 5.41) is 7.59. The number of hydrogen-bond acceptors (Lipinski definition) is 6. The van der Waals surface area contributed by atoms with Gasteiger partial charge in [0.25, 0.3) is 5.91 Å². The number of carbonyl (C=O) groups excluding carboxylic acids is 1.